The molecular formula is C5H11N3S2. The number of aliphatic imine (C=N–C) groups is 1. The van der Waals surface area contributed by atoms with Gasteiger partial charge in [-0.1, -0.05) is 10.8 Å². The van der Waals surface area contributed by atoms with Crippen LogP contribution in [0.5, 0.6) is 0 Å². The Morgan fingerprint density at radius 3 is 2.60 bits per heavy atom. The van der Waals surface area contributed by atoms with Gasteiger partial charge in [-0.25, -0.2) is 0 Å². The van der Waals surface area contributed by atoms with Crippen LogP contribution in [0.15, 0.2) is 4.99 Å². The zero-order valence-electron chi connectivity index (χ0n) is 5.67. The van der Waals surface area contributed by atoms with Crippen LogP contribution in [0.4, 0.5) is 0 Å². The molecule has 2 aliphatic rings. The van der Waals surface area contributed by atoms with Gasteiger partial charge in [-0.05, 0) is 11.0 Å². The maximum atomic E-state index is 3.85. The van der Waals surface area contributed by atoms with Crippen LogP contribution >= 0.6 is 21.8 Å². The van der Waals surface area contributed by atoms with Gasteiger partial charge in [0.1, 0.15) is 0 Å². The van der Waals surface area contributed by atoms with Gasteiger partial charge in [-0.3, -0.25) is 9.71 Å². The van der Waals surface area contributed by atoms with Crippen molar-refractivity contribution in [2.24, 2.45) is 4.99 Å². The molecule has 0 bridgehead atoms. The van der Waals surface area contributed by atoms with Gasteiger partial charge in [0.05, 0.1) is 12.9 Å². The van der Waals surface area contributed by atoms with Crippen LogP contribution in [0.25, 0.3) is 0 Å². The van der Waals surface area contributed by atoms with E-state index in [1.165, 1.54) is 12.3 Å². The van der Waals surface area contributed by atoms with Crippen LogP contribution < -0.4 is 10.0 Å². The highest BCUT2D eigenvalue weighted by molar-refractivity contribution is 8.76. The molecule has 0 atom stereocenters. The smallest absolute Gasteiger partial charge is 0.0825 e. The molecule has 2 N–H and O–H groups in total. The molecule has 58 valence electrons. The van der Waals surface area contributed by atoms with E-state index >= 15 is 0 Å². The molecule has 0 amide bonds. The Bertz CT molecular complexity index is 89.5. The molecule has 0 radical (unpaired) electrons. The first-order chi connectivity index (χ1) is 5.00. The molecule has 0 unspecified atom stereocenters. The summed E-state index contributed by atoms with van der Waals surface area (Å²) in [5.74, 6) is 1.27. The average molecular weight is 177 g/mol. The highest BCUT2D eigenvalue weighted by atomic mass is 33.1. The molecule has 0 aromatic heterocycles. The molecule has 0 aromatic carbocycles. The molecule has 5 heteroatoms. The van der Waals surface area contributed by atoms with E-state index in [0.717, 1.165) is 13.1 Å². The highest BCUT2D eigenvalue weighted by Crippen LogP contribution is 2.21. The molecule has 0 aliphatic carbocycles. The second-order valence-electron chi connectivity index (χ2n) is 1.79. The molecule has 3 nitrogen and oxygen atoms in total. The van der Waals surface area contributed by atoms with E-state index in [9.17, 15) is 0 Å². The second-order valence-corrected chi connectivity index (χ2v) is 4.10. The molecule has 0 spiro atoms. The topological polar surface area (TPSA) is 36.4 Å². The Morgan fingerprint density at radius 2 is 2.40 bits per heavy atom. The van der Waals surface area contributed by atoms with E-state index < -0.39 is 0 Å². The van der Waals surface area contributed by atoms with E-state index in [0.29, 0.717) is 0 Å². The summed E-state index contributed by atoms with van der Waals surface area (Å²) in [6, 6.07) is 0. The van der Waals surface area contributed by atoms with Crippen molar-refractivity contribution in [3.8, 4) is 0 Å². The fourth-order valence-corrected chi connectivity index (χ4v) is 2.20. The van der Waals surface area contributed by atoms with E-state index in [2.05, 4.69) is 15.0 Å². The lowest BCUT2D eigenvalue weighted by molar-refractivity contribution is 0.965. The quantitative estimate of drug-likeness (QED) is 0.417. The zero-order chi connectivity index (χ0) is 7.07. The second kappa shape index (κ2) is 5.88. The summed E-state index contributed by atoms with van der Waals surface area (Å²) < 4.78 is 3.10. The molecule has 10 heavy (non-hydrogen) atoms. The summed E-state index contributed by atoms with van der Waals surface area (Å²) >= 11 is 0. The monoisotopic (exact) mass is 177 g/mol. The van der Waals surface area contributed by atoms with Crippen molar-refractivity contribution in [1.29, 1.82) is 0 Å². The van der Waals surface area contributed by atoms with Crippen molar-refractivity contribution in [3.05, 3.63) is 0 Å². The third-order valence-corrected chi connectivity index (χ3v) is 2.99. The maximum Gasteiger partial charge on any atom is 0.0825 e. The number of nitrogens with zero attached hydrogens (tertiary/aromatic N) is 1. The van der Waals surface area contributed by atoms with Crippen molar-refractivity contribution in [3.63, 3.8) is 0 Å². The Hall–Kier alpha value is 0.130. The van der Waals surface area contributed by atoms with E-state index in [1.54, 1.807) is 17.3 Å². The summed E-state index contributed by atoms with van der Waals surface area (Å²) in [6.45, 7) is 3.16. The van der Waals surface area contributed by atoms with E-state index in [-0.39, 0.29) is 0 Å². The van der Waals surface area contributed by atoms with Crippen molar-refractivity contribution >= 4 is 28.1 Å². The van der Waals surface area contributed by atoms with Gasteiger partial charge in [-0.15, -0.1) is 0 Å². The van der Waals surface area contributed by atoms with Crippen LogP contribution in [0, 0.1) is 0 Å². The summed E-state index contributed by atoms with van der Waals surface area (Å²) in [7, 11) is 3.62. The Kier molecular flexibility index (Phi) is 4.84. The summed E-state index contributed by atoms with van der Waals surface area (Å²) in [5.41, 5.74) is 0. The minimum atomic E-state index is 0.958. The SMILES string of the molecule is C1=NCCN1.C1CSSN1. The molecule has 2 heterocycles. The normalized spacial score (nSPS) is 21.6. The first-order valence-electron chi connectivity index (χ1n) is 3.23. The summed E-state index contributed by atoms with van der Waals surface area (Å²) in [6.07, 6.45) is 1.74. The minimum absolute atomic E-state index is 0.958. The number of hydrogen-bond donors (Lipinski definition) is 2. The van der Waals surface area contributed by atoms with Crippen LogP contribution in [-0.4, -0.2) is 31.7 Å². The number of rotatable bonds is 0. The van der Waals surface area contributed by atoms with Crippen LogP contribution in [-0.2, 0) is 0 Å². The van der Waals surface area contributed by atoms with Gasteiger partial charge < -0.3 is 5.32 Å². The van der Waals surface area contributed by atoms with Crippen LogP contribution in [0.3, 0.4) is 0 Å². The largest absolute Gasteiger partial charge is 0.375 e. The minimum Gasteiger partial charge on any atom is -0.375 e. The third-order valence-electron chi connectivity index (χ3n) is 0.973. The molecule has 0 saturated carbocycles. The van der Waals surface area contributed by atoms with Crippen molar-refractivity contribution in [2.75, 3.05) is 25.4 Å². The van der Waals surface area contributed by atoms with Crippen LogP contribution in [0.2, 0.25) is 0 Å². The van der Waals surface area contributed by atoms with Gasteiger partial charge in [-0.2, -0.15) is 0 Å². The fraction of sp³-hybridized carbons (Fsp3) is 0.800. The average Bonchev–Trinajstić information content (AvgIpc) is 2.67. The predicted molar refractivity (Wildman–Crippen MR) is 49.4 cm³/mol. The lowest BCUT2D eigenvalue weighted by Crippen LogP contribution is -2.04. The molecular weight excluding hydrogens is 166 g/mol. The predicted octanol–water partition coefficient (Wildman–Crippen LogP) is 0.504. The number of nitrogens with one attached hydrogen (secondary N) is 2. The van der Waals surface area contributed by atoms with Gasteiger partial charge in [0, 0.05) is 18.8 Å². The van der Waals surface area contributed by atoms with Gasteiger partial charge in [0.25, 0.3) is 0 Å². The van der Waals surface area contributed by atoms with Crippen molar-refractivity contribution in [1.82, 2.24) is 10.0 Å². The first-order valence-corrected chi connectivity index (χ1v) is 5.55. The molecule has 2 aliphatic heterocycles. The standard InChI is InChI=1S/C3H6N2.C2H5NS2/c1-2-5-3-4-1;1-2-4-5-3-1/h3H,1-2H2,(H,4,5);3H,1-2H2. The first kappa shape index (κ1) is 8.23. The van der Waals surface area contributed by atoms with Crippen molar-refractivity contribution in [2.45, 2.75) is 0 Å². The van der Waals surface area contributed by atoms with Gasteiger partial charge >= 0.3 is 0 Å². The number of hydrogen-bond acceptors (Lipinski definition) is 5. The molecule has 1 saturated heterocycles. The Morgan fingerprint density at radius 1 is 1.40 bits per heavy atom. The van der Waals surface area contributed by atoms with Crippen molar-refractivity contribution < 1.29 is 0 Å². The highest BCUT2D eigenvalue weighted by Gasteiger charge is 1.95. The molecule has 2 rings (SSSR count). The van der Waals surface area contributed by atoms with E-state index in [4.69, 9.17) is 0 Å². The summed E-state index contributed by atoms with van der Waals surface area (Å²) in [5, 5.41) is 2.93. The van der Waals surface area contributed by atoms with E-state index in [1.807, 2.05) is 10.8 Å². The Labute approximate surface area is 69.0 Å². The third kappa shape index (κ3) is 4.03. The van der Waals surface area contributed by atoms with Gasteiger partial charge in [0.2, 0.25) is 0 Å². The Balaban J connectivity index is 0.0000001000. The fourth-order valence-electron chi connectivity index (χ4n) is 0.531. The maximum absolute atomic E-state index is 3.85. The lowest BCUT2D eigenvalue weighted by atomic mass is 10.7. The zero-order valence-corrected chi connectivity index (χ0v) is 7.30. The lowest BCUT2D eigenvalue weighted by Gasteiger charge is -1.75. The summed E-state index contributed by atoms with van der Waals surface area (Å²) in [4.78, 5) is 3.85. The van der Waals surface area contributed by atoms with Gasteiger partial charge in [0.15, 0.2) is 0 Å². The molecule has 0 aromatic rings. The molecule has 1 fully saturated rings. The van der Waals surface area contributed by atoms with Crippen LogP contribution in [0.1, 0.15) is 0 Å².